The quantitative estimate of drug-likeness (QED) is 0.737. The number of hydrogen-bond acceptors (Lipinski definition) is 6. The van der Waals surface area contributed by atoms with Crippen molar-refractivity contribution in [1.82, 2.24) is 25.5 Å². The number of tetrazole rings is 1. The lowest BCUT2D eigenvalue weighted by atomic mass is 10.1. The molecule has 0 radical (unpaired) electrons. The highest BCUT2D eigenvalue weighted by atomic mass is 32.2. The highest BCUT2D eigenvalue weighted by Gasteiger charge is 2.16. The van der Waals surface area contributed by atoms with Gasteiger partial charge in [0.05, 0.1) is 12.4 Å². The van der Waals surface area contributed by atoms with Crippen LogP contribution < -0.4 is 10.1 Å². The fourth-order valence-corrected chi connectivity index (χ4v) is 2.62. The molecule has 1 amide bonds. The van der Waals surface area contributed by atoms with Crippen molar-refractivity contribution in [2.75, 3.05) is 12.4 Å². The van der Waals surface area contributed by atoms with E-state index < -0.39 is 0 Å². The first-order valence-electron chi connectivity index (χ1n) is 7.95. The number of carbonyl (C=O) groups excluding carboxylic acids is 1. The molecular formula is C16H23N5O2S. The molecule has 7 nitrogen and oxygen atoms in total. The second-order valence-electron chi connectivity index (χ2n) is 5.66. The van der Waals surface area contributed by atoms with Crippen molar-refractivity contribution in [3.8, 4) is 11.4 Å². The van der Waals surface area contributed by atoms with Crippen molar-refractivity contribution < 1.29 is 9.53 Å². The van der Waals surface area contributed by atoms with Crippen LogP contribution >= 0.6 is 11.8 Å². The third-order valence-electron chi connectivity index (χ3n) is 3.56. The first-order valence-corrected chi connectivity index (χ1v) is 8.94. The molecule has 1 heterocycles. The summed E-state index contributed by atoms with van der Waals surface area (Å²) in [5.41, 5.74) is 0.753. The summed E-state index contributed by atoms with van der Waals surface area (Å²) in [4.78, 5) is 12.0. The van der Waals surface area contributed by atoms with Crippen LogP contribution in [0.4, 0.5) is 0 Å². The maximum Gasteiger partial charge on any atom is 0.230 e. The summed E-state index contributed by atoms with van der Waals surface area (Å²) in [6.07, 6.45) is 0. The van der Waals surface area contributed by atoms with E-state index >= 15 is 0 Å². The van der Waals surface area contributed by atoms with Gasteiger partial charge < -0.3 is 10.1 Å². The Hall–Kier alpha value is -2.09. The number of aromatic nitrogens is 4. The van der Waals surface area contributed by atoms with Crippen LogP contribution in [0.25, 0.3) is 5.69 Å². The predicted molar refractivity (Wildman–Crippen MR) is 93.5 cm³/mol. The number of benzene rings is 1. The Morgan fingerprint density at radius 2 is 2.08 bits per heavy atom. The molecule has 2 aromatic rings. The number of para-hydroxylation sites is 2. The zero-order chi connectivity index (χ0) is 17.5. The van der Waals surface area contributed by atoms with Crippen molar-refractivity contribution in [2.45, 2.75) is 38.9 Å². The van der Waals surface area contributed by atoms with Crippen LogP contribution in [0.3, 0.4) is 0 Å². The molecule has 0 aliphatic carbocycles. The molecule has 0 fully saturated rings. The zero-order valence-electron chi connectivity index (χ0n) is 14.4. The summed E-state index contributed by atoms with van der Waals surface area (Å²) in [5, 5.41) is 15.3. The van der Waals surface area contributed by atoms with Gasteiger partial charge in [0.25, 0.3) is 0 Å². The number of carbonyl (C=O) groups is 1. The van der Waals surface area contributed by atoms with Crippen LogP contribution in [0.15, 0.2) is 29.4 Å². The molecule has 0 aliphatic heterocycles. The molecule has 130 valence electrons. The Kier molecular flexibility index (Phi) is 6.60. The van der Waals surface area contributed by atoms with Crippen LogP contribution in [-0.2, 0) is 4.79 Å². The first kappa shape index (κ1) is 18.3. The van der Waals surface area contributed by atoms with Crippen LogP contribution in [0.2, 0.25) is 0 Å². The van der Waals surface area contributed by atoms with Gasteiger partial charge in [0, 0.05) is 6.04 Å². The summed E-state index contributed by atoms with van der Waals surface area (Å²) in [6.45, 7) is 8.62. The molecule has 1 aromatic heterocycles. The number of nitrogens with one attached hydrogen (secondary N) is 1. The highest BCUT2D eigenvalue weighted by Crippen LogP contribution is 2.25. The second kappa shape index (κ2) is 8.68. The third kappa shape index (κ3) is 4.70. The molecule has 1 aromatic carbocycles. The molecule has 1 N–H and O–H groups in total. The van der Waals surface area contributed by atoms with Gasteiger partial charge >= 0.3 is 0 Å². The van der Waals surface area contributed by atoms with Crippen molar-refractivity contribution in [1.29, 1.82) is 0 Å². The van der Waals surface area contributed by atoms with E-state index in [4.69, 9.17) is 4.74 Å². The standard InChI is InChI=1S/C16H23N5O2S/c1-5-23-14-9-7-6-8-13(14)21-16(18-19-20-21)24-10-15(22)17-12(4)11(2)3/h6-9,11-12H,5,10H2,1-4H3,(H,17,22)/t12-/m1/s1. The molecule has 0 saturated heterocycles. The number of hydrogen-bond donors (Lipinski definition) is 1. The SMILES string of the molecule is CCOc1ccccc1-n1nnnc1SCC(=O)N[C@H](C)C(C)C. The number of ether oxygens (including phenoxy) is 1. The minimum absolute atomic E-state index is 0.0335. The van der Waals surface area contributed by atoms with E-state index in [0.717, 1.165) is 5.69 Å². The van der Waals surface area contributed by atoms with E-state index in [-0.39, 0.29) is 17.7 Å². The van der Waals surface area contributed by atoms with Gasteiger partial charge in [-0.25, -0.2) is 0 Å². The average molecular weight is 349 g/mol. The molecule has 24 heavy (non-hydrogen) atoms. The molecule has 0 saturated carbocycles. The number of thioether (sulfide) groups is 1. The largest absolute Gasteiger partial charge is 0.492 e. The van der Waals surface area contributed by atoms with E-state index in [0.29, 0.717) is 23.4 Å². The average Bonchev–Trinajstić information content (AvgIpc) is 3.02. The van der Waals surface area contributed by atoms with Crippen LogP contribution in [0.5, 0.6) is 5.75 Å². The topological polar surface area (TPSA) is 81.9 Å². The van der Waals surface area contributed by atoms with Crippen LogP contribution in [0.1, 0.15) is 27.7 Å². The third-order valence-corrected chi connectivity index (χ3v) is 4.47. The molecular weight excluding hydrogens is 326 g/mol. The maximum absolute atomic E-state index is 12.0. The van der Waals surface area contributed by atoms with E-state index in [1.807, 2.05) is 38.1 Å². The lowest BCUT2D eigenvalue weighted by Crippen LogP contribution is -2.37. The Morgan fingerprint density at radius 3 is 2.79 bits per heavy atom. The monoisotopic (exact) mass is 349 g/mol. The number of rotatable bonds is 8. The summed E-state index contributed by atoms with van der Waals surface area (Å²) in [5.74, 6) is 1.32. The van der Waals surface area contributed by atoms with E-state index in [1.54, 1.807) is 4.68 Å². The van der Waals surface area contributed by atoms with Crippen molar-refractivity contribution in [3.63, 3.8) is 0 Å². The molecule has 0 aliphatic rings. The fraction of sp³-hybridized carbons (Fsp3) is 0.500. The Bertz CT molecular complexity index is 674. The summed E-state index contributed by atoms with van der Waals surface area (Å²) in [7, 11) is 0. The molecule has 1 atom stereocenters. The van der Waals surface area contributed by atoms with Crippen LogP contribution in [-0.4, -0.2) is 44.5 Å². The number of nitrogens with zero attached hydrogens (tertiary/aromatic N) is 4. The first-order chi connectivity index (χ1) is 11.5. The number of amides is 1. The maximum atomic E-state index is 12.0. The lowest BCUT2D eigenvalue weighted by Gasteiger charge is -2.17. The Morgan fingerprint density at radius 1 is 1.33 bits per heavy atom. The molecule has 0 unspecified atom stereocenters. The predicted octanol–water partition coefficient (Wildman–Crippen LogP) is 2.31. The lowest BCUT2D eigenvalue weighted by molar-refractivity contribution is -0.119. The van der Waals surface area contributed by atoms with Crippen LogP contribution in [0, 0.1) is 5.92 Å². The second-order valence-corrected chi connectivity index (χ2v) is 6.61. The summed E-state index contributed by atoms with van der Waals surface area (Å²) >= 11 is 1.30. The summed E-state index contributed by atoms with van der Waals surface area (Å²) in [6, 6.07) is 7.67. The normalized spacial score (nSPS) is 12.2. The Balaban J connectivity index is 2.07. The van der Waals surface area contributed by atoms with E-state index in [1.165, 1.54) is 11.8 Å². The smallest absolute Gasteiger partial charge is 0.230 e. The fourth-order valence-electron chi connectivity index (χ4n) is 1.92. The van der Waals surface area contributed by atoms with Gasteiger partial charge in [-0.2, -0.15) is 4.68 Å². The molecule has 0 bridgehead atoms. The summed E-state index contributed by atoms with van der Waals surface area (Å²) < 4.78 is 7.21. The van der Waals surface area contributed by atoms with Gasteiger partial charge in [0.1, 0.15) is 11.4 Å². The van der Waals surface area contributed by atoms with Gasteiger partial charge in [0.15, 0.2) is 0 Å². The van der Waals surface area contributed by atoms with Crippen molar-refractivity contribution in [3.05, 3.63) is 24.3 Å². The highest BCUT2D eigenvalue weighted by molar-refractivity contribution is 7.99. The molecule has 8 heteroatoms. The Labute approximate surface area is 146 Å². The van der Waals surface area contributed by atoms with Crippen molar-refractivity contribution in [2.24, 2.45) is 5.92 Å². The van der Waals surface area contributed by atoms with E-state index in [9.17, 15) is 4.79 Å². The van der Waals surface area contributed by atoms with Crippen molar-refractivity contribution >= 4 is 17.7 Å². The van der Waals surface area contributed by atoms with Gasteiger partial charge in [-0.15, -0.1) is 5.10 Å². The molecule has 0 spiro atoms. The minimum Gasteiger partial charge on any atom is -0.492 e. The molecule has 2 rings (SSSR count). The van der Waals surface area contributed by atoms with Gasteiger partial charge in [0.2, 0.25) is 11.1 Å². The van der Waals surface area contributed by atoms with Gasteiger partial charge in [-0.1, -0.05) is 37.7 Å². The van der Waals surface area contributed by atoms with Gasteiger partial charge in [-0.05, 0) is 42.3 Å². The minimum atomic E-state index is -0.0335. The van der Waals surface area contributed by atoms with E-state index in [2.05, 4.69) is 34.7 Å². The zero-order valence-corrected chi connectivity index (χ0v) is 15.2. The van der Waals surface area contributed by atoms with Gasteiger partial charge in [-0.3, -0.25) is 4.79 Å².